The molecule has 1 amide bonds. The van der Waals surface area contributed by atoms with Gasteiger partial charge in [0.1, 0.15) is 5.75 Å². The summed E-state index contributed by atoms with van der Waals surface area (Å²) in [6.07, 6.45) is 3.94. The number of carbonyl (C=O) groups excluding carboxylic acids is 1. The second-order valence-electron chi connectivity index (χ2n) is 5.79. The molecule has 3 rings (SSSR count). The number of methoxy groups -OCH3 is 1. The molecule has 0 bridgehead atoms. The molecule has 7 nitrogen and oxygen atoms in total. The lowest BCUT2D eigenvalue weighted by molar-refractivity contribution is -0.131. The molecule has 7 heteroatoms. The number of benzene rings is 1. The summed E-state index contributed by atoms with van der Waals surface area (Å²) in [6, 6.07) is 9.51. The highest BCUT2D eigenvalue weighted by Crippen LogP contribution is 2.22. The summed E-state index contributed by atoms with van der Waals surface area (Å²) < 4.78 is 5.30. The van der Waals surface area contributed by atoms with Gasteiger partial charge in [-0.3, -0.25) is 4.79 Å². The Bertz CT molecular complexity index is 687. The zero-order valence-electron chi connectivity index (χ0n) is 14.4. The molecule has 1 N–H and O–H groups in total. The van der Waals surface area contributed by atoms with Crippen molar-refractivity contribution in [2.75, 3.05) is 50.1 Å². The Morgan fingerprint density at radius 2 is 1.84 bits per heavy atom. The second kappa shape index (κ2) is 8.32. The molecule has 1 aliphatic heterocycles. The first kappa shape index (κ1) is 17.0. The molecule has 0 atom stereocenters. The van der Waals surface area contributed by atoms with Crippen LogP contribution >= 0.6 is 0 Å². The maximum Gasteiger partial charge on any atom is 0.225 e. The Morgan fingerprint density at radius 3 is 2.56 bits per heavy atom. The molecule has 1 fully saturated rings. The van der Waals surface area contributed by atoms with Crippen LogP contribution in [0.1, 0.15) is 6.42 Å². The molecule has 1 aromatic heterocycles. The normalized spacial score (nSPS) is 14.3. The van der Waals surface area contributed by atoms with Crippen molar-refractivity contribution in [2.24, 2.45) is 0 Å². The Morgan fingerprint density at radius 1 is 1.12 bits per heavy atom. The summed E-state index contributed by atoms with van der Waals surface area (Å²) in [4.78, 5) is 24.9. The Hall–Kier alpha value is -2.83. The van der Waals surface area contributed by atoms with Crippen LogP contribution in [0.5, 0.6) is 5.75 Å². The van der Waals surface area contributed by atoms with Gasteiger partial charge in [0.15, 0.2) is 0 Å². The third kappa shape index (κ3) is 4.37. The van der Waals surface area contributed by atoms with Gasteiger partial charge in [-0.15, -0.1) is 0 Å². The van der Waals surface area contributed by atoms with Crippen molar-refractivity contribution >= 4 is 17.5 Å². The average Bonchev–Trinajstić information content (AvgIpc) is 2.69. The van der Waals surface area contributed by atoms with Gasteiger partial charge in [-0.25, -0.2) is 9.97 Å². The lowest BCUT2D eigenvalue weighted by Crippen LogP contribution is -2.49. The van der Waals surface area contributed by atoms with E-state index < -0.39 is 0 Å². The van der Waals surface area contributed by atoms with E-state index in [9.17, 15) is 4.79 Å². The number of hydrogen-bond donors (Lipinski definition) is 1. The molecule has 2 heterocycles. The second-order valence-corrected chi connectivity index (χ2v) is 5.79. The predicted octanol–water partition coefficient (Wildman–Crippen LogP) is 1.64. The minimum atomic E-state index is 0.163. The number of nitrogens with zero attached hydrogens (tertiary/aromatic N) is 4. The molecule has 1 aliphatic rings. The molecule has 0 spiro atoms. The molecule has 1 saturated heterocycles. The number of anilines is 2. The lowest BCUT2D eigenvalue weighted by atomic mass is 10.2. The van der Waals surface area contributed by atoms with E-state index in [-0.39, 0.29) is 5.91 Å². The summed E-state index contributed by atoms with van der Waals surface area (Å²) in [7, 11) is 1.64. The fraction of sp³-hybridized carbons (Fsp3) is 0.389. The average molecular weight is 341 g/mol. The highest BCUT2D eigenvalue weighted by molar-refractivity contribution is 5.77. The summed E-state index contributed by atoms with van der Waals surface area (Å²) in [5, 5.41) is 3.27. The molecule has 25 heavy (non-hydrogen) atoms. The predicted molar refractivity (Wildman–Crippen MR) is 96.9 cm³/mol. The van der Waals surface area contributed by atoms with Gasteiger partial charge < -0.3 is 19.9 Å². The summed E-state index contributed by atoms with van der Waals surface area (Å²) in [6.45, 7) is 3.50. The van der Waals surface area contributed by atoms with Gasteiger partial charge in [0.2, 0.25) is 11.9 Å². The van der Waals surface area contributed by atoms with Gasteiger partial charge in [-0.05, 0) is 18.2 Å². The molecule has 0 saturated carbocycles. The maximum absolute atomic E-state index is 12.4. The highest BCUT2D eigenvalue weighted by Gasteiger charge is 2.22. The monoisotopic (exact) mass is 341 g/mol. The van der Waals surface area contributed by atoms with E-state index in [4.69, 9.17) is 4.74 Å². The SMILES string of the molecule is COc1ccccc1NCCC(=O)N1CCN(c2ncccn2)CC1. The van der Waals surface area contributed by atoms with Gasteiger partial charge in [0.25, 0.3) is 0 Å². The van der Waals surface area contributed by atoms with Crippen molar-refractivity contribution < 1.29 is 9.53 Å². The van der Waals surface area contributed by atoms with Crippen LogP contribution in [-0.4, -0.2) is 60.6 Å². The number of para-hydroxylation sites is 2. The number of hydrogen-bond acceptors (Lipinski definition) is 6. The van der Waals surface area contributed by atoms with Gasteiger partial charge in [-0.1, -0.05) is 12.1 Å². The molecular weight excluding hydrogens is 318 g/mol. The lowest BCUT2D eigenvalue weighted by Gasteiger charge is -2.34. The molecule has 0 radical (unpaired) electrons. The first-order chi connectivity index (χ1) is 12.3. The van der Waals surface area contributed by atoms with Gasteiger partial charge in [0, 0.05) is 51.5 Å². The van der Waals surface area contributed by atoms with Crippen molar-refractivity contribution in [1.82, 2.24) is 14.9 Å². The van der Waals surface area contributed by atoms with Crippen LogP contribution in [-0.2, 0) is 4.79 Å². The molecule has 132 valence electrons. The van der Waals surface area contributed by atoms with E-state index in [2.05, 4.69) is 20.2 Å². The Labute approximate surface area is 147 Å². The van der Waals surface area contributed by atoms with Crippen molar-refractivity contribution in [3.05, 3.63) is 42.7 Å². The molecule has 0 unspecified atom stereocenters. The highest BCUT2D eigenvalue weighted by atomic mass is 16.5. The van der Waals surface area contributed by atoms with Crippen molar-refractivity contribution in [3.8, 4) is 5.75 Å². The summed E-state index contributed by atoms with van der Waals surface area (Å²) >= 11 is 0. The van der Waals surface area contributed by atoms with Crippen molar-refractivity contribution in [2.45, 2.75) is 6.42 Å². The third-order valence-electron chi connectivity index (χ3n) is 4.23. The van der Waals surface area contributed by atoms with Crippen LogP contribution in [0.15, 0.2) is 42.7 Å². The molecule has 1 aromatic carbocycles. The van der Waals surface area contributed by atoms with Crippen molar-refractivity contribution in [1.29, 1.82) is 0 Å². The largest absolute Gasteiger partial charge is 0.495 e. The van der Waals surface area contributed by atoms with E-state index in [0.717, 1.165) is 30.5 Å². The van der Waals surface area contributed by atoms with E-state index in [1.54, 1.807) is 25.6 Å². The fourth-order valence-corrected chi connectivity index (χ4v) is 2.86. The molecule has 2 aromatic rings. The molecule has 0 aliphatic carbocycles. The van der Waals surface area contributed by atoms with Crippen LogP contribution in [0, 0.1) is 0 Å². The van der Waals surface area contributed by atoms with Crippen LogP contribution < -0.4 is 15.0 Å². The zero-order chi connectivity index (χ0) is 17.5. The number of carbonyl (C=O) groups is 1. The first-order valence-corrected chi connectivity index (χ1v) is 8.44. The topological polar surface area (TPSA) is 70.6 Å². The third-order valence-corrected chi connectivity index (χ3v) is 4.23. The number of amides is 1. The number of ether oxygens (including phenoxy) is 1. The standard InChI is InChI=1S/C18H23N5O2/c1-25-16-6-3-2-5-15(16)19-10-7-17(24)22-11-13-23(14-12-22)18-20-8-4-9-21-18/h2-6,8-9,19H,7,10-14H2,1H3. The van der Waals surface area contributed by atoms with E-state index in [0.29, 0.717) is 26.1 Å². The number of piperazine rings is 1. The number of nitrogens with one attached hydrogen (secondary N) is 1. The number of rotatable bonds is 6. The minimum absolute atomic E-state index is 0.163. The summed E-state index contributed by atoms with van der Waals surface area (Å²) in [5.41, 5.74) is 0.906. The molecular formula is C18H23N5O2. The van der Waals surface area contributed by atoms with E-state index >= 15 is 0 Å². The number of aromatic nitrogens is 2. The quantitative estimate of drug-likeness (QED) is 0.861. The van der Waals surface area contributed by atoms with Gasteiger partial charge >= 0.3 is 0 Å². The summed E-state index contributed by atoms with van der Waals surface area (Å²) in [5.74, 6) is 1.68. The maximum atomic E-state index is 12.4. The van der Waals surface area contributed by atoms with Crippen LogP contribution in [0.2, 0.25) is 0 Å². The van der Waals surface area contributed by atoms with Crippen molar-refractivity contribution in [3.63, 3.8) is 0 Å². The fourth-order valence-electron chi connectivity index (χ4n) is 2.86. The van der Waals surface area contributed by atoms with Crippen LogP contribution in [0.25, 0.3) is 0 Å². The Kier molecular flexibility index (Phi) is 5.66. The van der Waals surface area contributed by atoms with Crippen LogP contribution in [0.3, 0.4) is 0 Å². The minimum Gasteiger partial charge on any atom is -0.495 e. The Balaban J connectivity index is 1.44. The van der Waals surface area contributed by atoms with Gasteiger partial charge in [0.05, 0.1) is 12.8 Å². The van der Waals surface area contributed by atoms with Crippen LogP contribution in [0.4, 0.5) is 11.6 Å². The zero-order valence-corrected chi connectivity index (χ0v) is 14.4. The van der Waals surface area contributed by atoms with Gasteiger partial charge in [-0.2, -0.15) is 0 Å². The first-order valence-electron chi connectivity index (χ1n) is 8.44. The van der Waals surface area contributed by atoms with E-state index in [1.165, 1.54) is 0 Å². The van der Waals surface area contributed by atoms with E-state index in [1.807, 2.05) is 29.2 Å². The smallest absolute Gasteiger partial charge is 0.225 e.